The Hall–Kier alpha value is -1.30. The highest BCUT2D eigenvalue weighted by molar-refractivity contribution is 6.30. The molecule has 1 aromatic rings. The quantitative estimate of drug-likeness (QED) is 0.877. The lowest BCUT2D eigenvalue weighted by Gasteiger charge is -2.36. The number of nitrogens with one attached hydrogen (secondary N) is 1. The van der Waals surface area contributed by atoms with Gasteiger partial charge in [0.25, 0.3) is 5.91 Å². The molecule has 2 saturated heterocycles. The van der Waals surface area contributed by atoms with E-state index in [1.807, 2.05) is 4.90 Å². The summed E-state index contributed by atoms with van der Waals surface area (Å²) in [4.78, 5) is 28.4. The van der Waals surface area contributed by atoms with E-state index in [2.05, 4.69) is 5.32 Å². The van der Waals surface area contributed by atoms with Crippen LogP contribution in [0, 0.1) is 0 Å². The largest absolute Gasteiger partial charge is 0.338 e. The minimum absolute atomic E-state index is 0. The molecular weight excluding hydrogens is 337 g/mol. The van der Waals surface area contributed by atoms with E-state index in [1.54, 1.807) is 29.2 Å². The van der Waals surface area contributed by atoms with Gasteiger partial charge in [-0.1, -0.05) is 11.6 Å². The molecule has 1 atom stereocenters. The third-order valence-corrected chi connectivity index (χ3v) is 4.58. The third kappa shape index (κ3) is 4.16. The van der Waals surface area contributed by atoms with Crippen molar-refractivity contribution in [3.05, 3.63) is 34.9 Å². The van der Waals surface area contributed by atoms with Gasteiger partial charge in [0.1, 0.15) is 0 Å². The van der Waals surface area contributed by atoms with Crippen LogP contribution in [0.5, 0.6) is 0 Å². The van der Waals surface area contributed by atoms with Crippen LogP contribution in [0.1, 0.15) is 23.2 Å². The Morgan fingerprint density at radius 1 is 1.04 bits per heavy atom. The second kappa shape index (κ2) is 7.99. The summed E-state index contributed by atoms with van der Waals surface area (Å²) >= 11 is 5.84. The molecule has 1 N–H and O–H groups in total. The van der Waals surface area contributed by atoms with E-state index in [0.29, 0.717) is 36.8 Å². The SMILES string of the molecule is Cl.O=C(c1ccc(Cl)cc1)N1CCN(C(=O)C2CCCN2)CC1. The van der Waals surface area contributed by atoms with E-state index < -0.39 is 0 Å². The van der Waals surface area contributed by atoms with E-state index in [0.717, 1.165) is 19.4 Å². The van der Waals surface area contributed by atoms with E-state index >= 15 is 0 Å². The Kier molecular flexibility index (Phi) is 6.27. The number of hydrogen-bond donors (Lipinski definition) is 1. The van der Waals surface area contributed by atoms with Gasteiger partial charge in [-0.05, 0) is 43.7 Å². The van der Waals surface area contributed by atoms with Crippen LogP contribution in [0.15, 0.2) is 24.3 Å². The number of carbonyl (C=O) groups is 2. The number of benzene rings is 1. The molecule has 0 bridgehead atoms. The molecule has 3 rings (SSSR count). The number of nitrogens with zero attached hydrogens (tertiary/aromatic N) is 2. The maximum atomic E-state index is 12.4. The fourth-order valence-electron chi connectivity index (χ4n) is 3.02. The zero-order chi connectivity index (χ0) is 15.5. The van der Waals surface area contributed by atoms with Crippen LogP contribution in [0.25, 0.3) is 0 Å². The number of amides is 2. The van der Waals surface area contributed by atoms with Crippen LogP contribution in [-0.2, 0) is 4.79 Å². The smallest absolute Gasteiger partial charge is 0.253 e. The van der Waals surface area contributed by atoms with Gasteiger partial charge >= 0.3 is 0 Å². The summed E-state index contributed by atoms with van der Waals surface area (Å²) < 4.78 is 0. The Bertz CT molecular complexity index is 551. The Morgan fingerprint density at radius 3 is 2.22 bits per heavy atom. The number of hydrogen-bond acceptors (Lipinski definition) is 3. The molecule has 0 radical (unpaired) electrons. The van der Waals surface area contributed by atoms with Crippen molar-refractivity contribution in [1.82, 2.24) is 15.1 Å². The Balaban J connectivity index is 0.00000192. The lowest BCUT2D eigenvalue weighted by Crippen LogP contribution is -2.54. The lowest BCUT2D eigenvalue weighted by atomic mass is 10.1. The molecule has 2 aliphatic heterocycles. The molecule has 0 aromatic heterocycles. The summed E-state index contributed by atoms with van der Waals surface area (Å²) in [6.07, 6.45) is 1.98. The van der Waals surface area contributed by atoms with E-state index in [9.17, 15) is 9.59 Å². The molecule has 23 heavy (non-hydrogen) atoms. The molecule has 2 heterocycles. The minimum Gasteiger partial charge on any atom is -0.338 e. The van der Waals surface area contributed by atoms with Crippen LogP contribution in [0.2, 0.25) is 5.02 Å². The normalized spacial score (nSPS) is 21.0. The van der Waals surface area contributed by atoms with Crippen molar-refractivity contribution in [2.24, 2.45) is 0 Å². The predicted molar refractivity (Wildman–Crippen MR) is 92.2 cm³/mol. The van der Waals surface area contributed by atoms with Gasteiger partial charge < -0.3 is 15.1 Å². The summed E-state index contributed by atoms with van der Waals surface area (Å²) in [5.41, 5.74) is 0.640. The van der Waals surface area contributed by atoms with Gasteiger partial charge in [0, 0.05) is 36.8 Å². The van der Waals surface area contributed by atoms with Crippen molar-refractivity contribution in [1.29, 1.82) is 0 Å². The second-order valence-corrected chi connectivity index (χ2v) is 6.21. The standard InChI is InChI=1S/C16H20ClN3O2.ClH/c17-13-5-3-12(4-6-13)15(21)19-8-10-20(11-9-19)16(22)14-2-1-7-18-14;/h3-6,14,18H,1-2,7-11H2;1H. The van der Waals surface area contributed by atoms with Crippen LogP contribution in [-0.4, -0.2) is 60.4 Å². The number of carbonyl (C=O) groups excluding carboxylic acids is 2. The van der Waals surface area contributed by atoms with Crippen molar-refractivity contribution in [2.45, 2.75) is 18.9 Å². The van der Waals surface area contributed by atoms with Gasteiger partial charge in [-0.2, -0.15) is 0 Å². The van der Waals surface area contributed by atoms with Crippen LogP contribution in [0.4, 0.5) is 0 Å². The number of piperazine rings is 1. The van der Waals surface area contributed by atoms with Gasteiger partial charge in [0.2, 0.25) is 5.91 Å². The lowest BCUT2D eigenvalue weighted by molar-refractivity contribution is -0.134. The molecule has 2 aliphatic rings. The van der Waals surface area contributed by atoms with E-state index in [4.69, 9.17) is 11.6 Å². The Labute approximate surface area is 147 Å². The summed E-state index contributed by atoms with van der Waals surface area (Å²) in [5, 5.41) is 3.86. The zero-order valence-electron chi connectivity index (χ0n) is 12.8. The molecule has 126 valence electrons. The first kappa shape index (κ1) is 18.0. The summed E-state index contributed by atoms with van der Waals surface area (Å²) in [6.45, 7) is 3.30. The molecule has 0 saturated carbocycles. The molecule has 7 heteroatoms. The molecule has 5 nitrogen and oxygen atoms in total. The predicted octanol–water partition coefficient (Wildman–Crippen LogP) is 1.80. The molecule has 1 aromatic carbocycles. The molecule has 2 fully saturated rings. The monoisotopic (exact) mass is 357 g/mol. The van der Waals surface area contributed by atoms with Gasteiger partial charge in [-0.3, -0.25) is 9.59 Å². The first-order valence-corrected chi connectivity index (χ1v) is 8.10. The first-order chi connectivity index (χ1) is 10.6. The van der Waals surface area contributed by atoms with Gasteiger partial charge in [-0.25, -0.2) is 0 Å². The Morgan fingerprint density at radius 2 is 1.65 bits per heavy atom. The maximum Gasteiger partial charge on any atom is 0.253 e. The van der Waals surface area contributed by atoms with Gasteiger partial charge in [0.05, 0.1) is 6.04 Å². The van der Waals surface area contributed by atoms with Crippen LogP contribution in [0.3, 0.4) is 0 Å². The number of halogens is 2. The van der Waals surface area contributed by atoms with E-state index in [-0.39, 0.29) is 30.3 Å². The summed E-state index contributed by atoms with van der Waals surface area (Å²) in [6, 6.07) is 6.90. The second-order valence-electron chi connectivity index (χ2n) is 5.77. The first-order valence-electron chi connectivity index (χ1n) is 7.72. The van der Waals surface area contributed by atoms with Crippen molar-refractivity contribution >= 4 is 35.8 Å². The van der Waals surface area contributed by atoms with Crippen molar-refractivity contribution in [3.63, 3.8) is 0 Å². The van der Waals surface area contributed by atoms with Crippen molar-refractivity contribution < 1.29 is 9.59 Å². The highest BCUT2D eigenvalue weighted by Gasteiger charge is 2.30. The van der Waals surface area contributed by atoms with Gasteiger partial charge in [-0.15, -0.1) is 12.4 Å². The average molecular weight is 358 g/mol. The molecule has 0 aliphatic carbocycles. The third-order valence-electron chi connectivity index (χ3n) is 4.33. The average Bonchev–Trinajstić information content (AvgIpc) is 3.09. The highest BCUT2D eigenvalue weighted by atomic mass is 35.5. The number of rotatable bonds is 2. The van der Waals surface area contributed by atoms with Crippen molar-refractivity contribution in [3.8, 4) is 0 Å². The molecule has 1 unspecified atom stereocenters. The maximum absolute atomic E-state index is 12.4. The molecular formula is C16H21Cl2N3O2. The van der Waals surface area contributed by atoms with Crippen LogP contribution >= 0.6 is 24.0 Å². The summed E-state index contributed by atoms with van der Waals surface area (Å²) in [7, 11) is 0. The topological polar surface area (TPSA) is 52.7 Å². The fourth-order valence-corrected chi connectivity index (χ4v) is 3.15. The minimum atomic E-state index is -0.0292. The molecule has 2 amide bonds. The van der Waals surface area contributed by atoms with Crippen LogP contribution < -0.4 is 5.32 Å². The fraction of sp³-hybridized carbons (Fsp3) is 0.500. The zero-order valence-corrected chi connectivity index (χ0v) is 14.4. The molecule has 0 spiro atoms. The van der Waals surface area contributed by atoms with E-state index in [1.165, 1.54) is 0 Å². The highest BCUT2D eigenvalue weighted by Crippen LogP contribution is 2.15. The van der Waals surface area contributed by atoms with Gasteiger partial charge in [0.15, 0.2) is 0 Å². The van der Waals surface area contributed by atoms with Crippen molar-refractivity contribution in [2.75, 3.05) is 32.7 Å². The summed E-state index contributed by atoms with van der Waals surface area (Å²) in [5.74, 6) is 0.179.